The van der Waals surface area contributed by atoms with E-state index in [4.69, 9.17) is 0 Å². The zero-order valence-electron chi connectivity index (χ0n) is 15.3. The number of carbonyl (C=O) groups excluding carboxylic acids is 1. The van der Waals surface area contributed by atoms with Crippen LogP contribution in [0.2, 0.25) is 0 Å². The minimum Gasteiger partial charge on any atom is -0.354 e. The summed E-state index contributed by atoms with van der Waals surface area (Å²) >= 11 is 1.70. The third-order valence-corrected chi connectivity index (χ3v) is 5.75. The highest BCUT2D eigenvalue weighted by atomic mass is 32.1. The first-order valence-electron chi connectivity index (χ1n) is 9.16. The number of carbonyl (C=O) groups is 1. The second-order valence-corrected chi connectivity index (χ2v) is 7.72. The van der Waals surface area contributed by atoms with E-state index in [1.807, 2.05) is 36.4 Å². The van der Waals surface area contributed by atoms with Gasteiger partial charge in [0, 0.05) is 17.4 Å². The second kappa shape index (κ2) is 7.80. The Balaban J connectivity index is 1.52. The van der Waals surface area contributed by atoms with Gasteiger partial charge >= 0.3 is 0 Å². The smallest absolute Gasteiger partial charge is 0.239 e. The lowest BCUT2D eigenvalue weighted by molar-refractivity contribution is -0.121. The van der Waals surface area contributed by atoms with Crippen molar-refractivity contribution in [3.8, 4) is 10.6 Å². The average Bonchev–Trinajstić information content (AvgIpc) is 3.35. The molecule has 27 heavy (non-hydrogen) atoms. The molecule has 0 unspecified atom stereocenters. The van der Waals surface area contributed by atoms with Crippen molar-refractivity contribution < 1.29 is 4.79 Å². The van der Waals surface area contributed by atoms with E-state index in [-0.39, 0.29) is 11.8 Å². The molecule has 2 aromatic heterocycles. The number of thiophene rings is 1. The Morgan fingerprint density at radius 1 is 1.04 bits per heavy atom. The van der Waals surface area contributed by atoms with Crippen molar-refractivity contribution in [3.63, 3.8) is 0 Å². The van der Waals surface area contributed by atoms with Crippen LogP contribution < -0.4 is 5.32 Å². The second-order valence-electron chi connectivity index (χ2n) is 6.77. The van der Waals surface area contributed by atoms with E-state index in [2.05, 4.69) is 58.6 Å². The Labute approximate surface area is 163 Å². The molecule has 4 aromatic rings. The van der Waals surface area contributed by atoms with Gasteiger partial charge in [0.2, 0.25) is 5.91 Å². The molecule has 0 aliphatic carbocycles. The molecule has 1 amide bonds. The number of hydrogen-bond donors (Lipinski definition) is 1. The summed E-state index contributed by atoms with van der Waals surface area (Å²) in [7, 11) is 0. The van der Waals surface area contributed by atoms with E-state index in [1.165, 1.54) is 10.4 Å². The van der Waals surface area contributed by atoms with E-state index in [0.717, 1.165) is 16.6 Å². The van der Waals surface area contributed by atoms with Crippen LogP contribution >= 0.6 is 11.3 Å². The van der Waals surface area contributed by atoms with Gasteiger partial charge < -0.3 is 9.88 Å². The van der Waals surface area contributed by atoms with Crippen LogP contribution in [-0.2, 0) is 11.3 Å². The summed E-state index contributed by atoms with van der Waals surface area (Å²) in [6, 6.07) is 24.8. The predicted molar refractivity (Wildman–Crippen MR) is 113 cm³/mol. The predicted octanol–water partition coefficient (Wildman–Crippen LogP) is 5.29. The zero-order valence-corrected chi connectivity index (χ0v) is 16.1. The molecule has 0 spiro atoms. The highest BCUT2D eigenvalue weighted by Crippen LogP contribution is 2.31. The Morgan fingerprint density at radius 3 is 2.59 bits per heavy atom. The summed E-state index contributed by atoms with van der Waals surface area (Å²) in [5.74, 6) is 0.324. The van der Waals surface area contributed by atoms with Crippen LogP contribution in [-0.4, -0.2) is 17.0 Å². The Morgan fingerprint density at radius 2 is 1.81 bits per heavy atom. The van der Waals surface area contributed by atoms with Gasteiger partial charge in [0.05, 0.1) is 10.6 Å². The average molecular weight is 375 g/mol. The van der Waals surface area contributed by atoms with E-state index >= 15 is 0 Å². The maximum Gasteiger partial charge on any atom is 0.239 e. The molecule has 0 aliphatic heterocycles. The van der Waals surface area contributed by atoms with Gasteiger partial charge in [-0.3, -0.25) is 4.79 Å². The molecule has 3 nitrogen and oxygen atoms in total. The first-order valence-corrected chi connectivity index (χ1v) is 10.0. The molecule has 1 atom stereocenters. The lowest BCUT2D eigenvalue weighted by Gasteiger charge is -2.14. The van der Waals surface area contributed by atoms with Gasteiger partial charge in [-0.15, -0.1) is 11.3 Å². The molecule has 0 saturated carbocycles. The number of rotatable bonds is 6. The molecular formula is C23H22N2OS. The maximum atomic E-state index is 12.7. The summed E-state index contributed by atoms with van der Waals surface area (Å²) in [6.45, 7) is 3.09. The van der Waals surface area contributed by atoms with Crippen molar-refractivity contribution in [1.82, 2.24) is 9.88 Å². The number of para-hydroxylation sites is 1. The Hall–Kier alpha value is -2.85. The molecule has 0 fully saturated rings. The van der Waals surface area contributed by atoms with Crippen LogP contribution in [0.3, 0.4) is 0 Å². The molecular weight excluding hydrogens is 352 g/mol. The molecule has 136 valence electrons. The fourth-order valence-electron chi connectivity index (χ4n) is 3.38. The molecule has 0 saturated heterocycles. The van der Waals surface area contributed by atoms with Crippen molar-refractivity contribution >= 4 is 28.1 Å². The number of amides is 1. The van der Waals surface area contributed by atoms with Crippen molar-refractivity contribution in [2.45, 2.75) is 19.4 Å². The summed E-state index contributed by atoms with van der Waals surface area (Å²) in [4.78, 5) is 13.9. The van der Waals surface area contributed by atoms with Crippen LogP contribution in [0.25, 0.3) is 21.5 Å². The lowest BCUT2D eigenvalue weighted by atomic mass is 10.0. The van der Waals surface area contributed by atoms with Gasteiger partial charge in [0.1, 0.15) is 6.54 Å². The van der Waals surface area contributed by atoms with Gasteiger partial charge in [0.15, 0.2) is 0 Å². The SMILES string of the molecule is C[C@H](CNC(=O)Cn1c(-c2cccs2)cc2ccccc21)c1ccccc1. The summed E-state index contributed by atoms with van der Waals surface area (Å²) < 4.78 is 2.11. The Kier molecular flexibility index (Phi) is 5.07. The monoisotopic (exact) mass is 374 g/mol. The molecule has 0 bridgehead atoms. The standard InChI is InChI=1S/C23H22N2OS/c1-17(18-8-3-2-4-9-18)15-24-23(26)16-25-20-11-6-5-10-19(20)14-21(25)22-12-7-13-27-22/h2-14,17H,15-16H2,1H3,(H,24,26)/t17-/m1/s1. The van der Waals surface area contributed by atoms with E-state index in [9.17, 15) is 4.79 Å². The van der Waals surface area contributed by atoms with Gasteiger partial charge in [-0.05, 0) is 35.1 Å². The van der Waals surface area contributed by atoms with Crippen molar-refractivity contribution in [2.75, 3.05) is 6.54 Å². The molecule has 2 heterocycles. The number of hydrogen-bond acceptors (Lipinski definition) is 2. The molecule has 4 heteroatoms. The van der Waals surface area contributed by atoms with Crippen LogP contribution in [0.4, 0.5) is 0 Å². The van der Waals surface area contributed by atoms with Crippen LogP contribution in [0.15, 0.2) is 78.2 Å². The minimum absolute atomic E-state index is 0.0388. The lowest BCUT2D eigenvalue weighted by Crippen LogP contribution is -2.30. The molecule has 4 rings (SSSR count). The van der Waals surface area contributed by atoms with Gasteiger partial charge in [-0.1, -0.05) is 61.5 Å². The number of nitrogens with zero attached hydrogens (tertiary/aromatic N) is 1. The van der Waals surface area contributed by atoms with Gasteiger partial charge in [-0.2, -0.15) is 0 Å². The quantitative estimate of drug-likeness (QED) is 0.489. The molecule has 0 aliphatic rings. The van der Waals surface area contributed by atoms with E-state index in [1.54, 1.807) is 11.3 Å². The summed E-state index contributed by atoms with van der Waals surface area (Å²) in [5.41, 5.74) is 3.42. The first kappa shape index (κ1) is 17.6. The highest BCUT2D eigenvalue weighted by Gasteiger charge is 2.15. The normalized spacial score (nSPS) is 12.2. The fraction of sp³-hybridized carbons (Fsp3) is 0.174. The fourth-order valence-corrected chi connectivity index (χ4v) is 4.13. The van der Waals surface area contributed by atoms with Crippen LogP contribution in [0, 0.1) is 0 Å². The summed E-state index contributed by atoms with van der Waals surface area (Å²) in [5, 5.41) is 6.33. The van der Waals surface area contributed by atoms with E-state index < -0.39 is 0 Å². The van der Waals surface area contributed by atoms with Crippen LogP contribution in [0.1, 0.15) is 18.4 Å². The van der Waals surface area contributed by atoms with Crippen molar-refractivity contribution in [1.29, 1.82) is 0 Å². The number of nitrogens with one attached hydrogen (secondary N) is 1. The first-order chi connectivity index (χ1) is 13.2. The Bertz CT molecular complexity index is 1030. The molecule has 2 aromatic carbocycles. The minimum atomic E-state index is 0.0388. The summed E-state index contributed by atoms with van der Waals surface area (Å²) in [6.07, 6.45) is 0. The van der Waals surface area contributed by atoms with E-state index in [0.29, 0.717) is 13.1 Å². The molecule has 1 N–H and O–H groups in total. The third kappa shape index (κ3) is 3.81. The topological polar surface area (TPSA) is 34.0 Å². The van der Waals surface area contributed by atoms with Crippen molar-refractivity contribution in [2.24, 2.45) is 0 Å². The number of fused-ring (bicyclic) bond motifs is 1. The third-order valence-electron chi connectivity index (χ3n) is 4.86. The van der Waals surface area contributed by atoms with Crippen molar-refractivity contribution in [3.05, 3.63) is 83.7 Å². The maximum absolute atomic E-state index is 12.7. The zero-order chi connectivity index (χ0) is 18.6. The number of aromatic nitrogens is 1. The molecule has 0 radical (unpaired) electrons. The largest absolute Gasteiger partial charge is 0.354 e. The number of benzene rings is 2. The van der Waals surface area contributed by atoms with Crippen LogP contribution in [0.5, 0.6) is 0 Å². The highest BCUT2D eigenvalue weighted by molar-refractivity contribution is 7.13. The van der Waals surface area contributed by atoms with Gasteiger partial charge in [-0.25, -0.2) is 0 Å². The van der Waals surface area contributed by atoms with Gasteiger partial charge in [0.25, 0.3) is 0 Å².